The van der Waals surface area contributed by atoms with E-state index in [1.54, 1.807) is 0 Å². The van der Waals surface area contributed by atoms with Crippen LogP contribution in [0, 0.1) is 0 Å². The van der Waals surface area contributed by atoms with Gasteiger partial charge >= 0.3 is 6.16 Å². The molecule has 7 heteroatoms. The van der Waals surface area contributed by atoms with E-state index in [0.717, 1.165) is 5.56 Å². The van der Waals surface area contributed by atoms with E-state index in [1.807, 2.05) is 26.0 Å². The number of carboxylic acid groups (broad SMARTS) is 1. The normalized spacial score (nSPS) is 13.0. The fraction of sp³-hybridized carbons (Fsp3) is 0.500. The van der Waals surface area contributed by atoms with Crippen molar-refractivity contribution in [1.29, 1.82) is 0 Å². The number of benzene rings is 1. The Hall–Kier alpha value is -2.38. The molecular formula is C20H28O7. The second-order valence-electron chi connectivity index (χ2n) is 6.81. The van der Waals surface area contributed by atoms with E-state index in [0.29, 0.717) is 5.92 Å². The first-order chi connectivity index (χ1) is 12.6. The summed E-state index contributed by atoms with van der Waals surface area (Å²) in [5.41, 5.74) is 1.51. The predicted molar refractivity (Wildman–Crippen MR) is 99.0 cm³/mol. The molecule has 0 aliphatic rings. The third-order valence-electron chi connectivity index (χ3n) is 3.81. The summed E-state index contributed by atoms with van der Waals surface area (Å²) in [7, 11) is 0. The van der Waals surface area contributed by atoms with Crippen molar-refractivity contribution in [2.45, 2.75) is 58.8 Å². The quantitative estimate of drug-likeness (QED) is 0.151. The van der Waals surface area contributed by atoms with Crippen LogP contribution in [0.3, 0.4) is 0 Å². The largest absolute Gasteiger partial charge is 0.508 e. The number of allylic oxidation sites excluding steroid dienone is 1. The van der Waals surface area contributed by atoms with Gasteiger partial charge in [0.15, 0.2) is 5.78 Å². The topological polar surface area (TPSA) is 91.3 Å². The molecule has 27 heavy (non-hydrogen) atoms. The average Bonchev–Trinajstić information content (AvgIpc) is 2.58. The van der Waals surface area contributed by atoms with Crippen molar-refractivity contribution in [1.82, 2.24) is 0 Å². The summed E-state index contributed by atoms with van der Waals surface area (Å²) in [5.74, 6) is 0.205. The van der Waals surface area contributed by atoms with Crippen molar-refractivity contribution in [3.63, 3.8) is 0 Å². The van der Waals surface area contributed by atoms with Crippen LogP contribution in [0.2, 0.25) is 0 Å². The summed E-state index contributed by atoms with van der Waals surface area (Å²) >= 11 is 0. The molecule has 0 saturated heterocycles. The summed E-state index contributed by atoms with van der Waals surface area (Å²) in [5, 5.41) is 8.41. The molecule has 0 radical (unpaired) electrons. The van der Waals surface area contributed by atoms with Crippen molar-refractivity contribution in [3.05, 3.63) is 47.7 Å². The Morgan fingerprint density at radius 1 is 1.15 bits per heavy atom. The Balaban J connectivity index is 2.37. The molecule has 0 aliphatic carbocycles. The third-order valence-corrected chi connectivity index (χ3v) is 3.81. The number of hydrogen-bond acceptors (Lipinski definition) is 6. The Labute approximate surface area is 159 Å². The van der Waals surface area contributed by atoms with Gasteiger partial charge in [0.25, 0.3) is 0 Å². The van der Waals surface area contributed by atoms with Crippen LogP contribution in [0.1, 0.15) is 58.1 Å². The fourth-order valence-corrected chi connectivity index (χ4v) is 2.15. The molecule has 150 valence electrons. The lowest BCUT2D eigenvalue weighted by Gasteiger charge is -2.23. The standard InChI is InChI=1S/C20H28O7/c1-14(2)16-6-8-17(9-7-16)20(4,5)27-25-13-11-18(21)10-12-24-15(3)26-19(22)23/h6-9,11,13-15H,10,12H2,1-5H3,(H,22,23). The molecular weight excluding hydrogens is 352 g/mol. The molecule has 0 bridgehead atoms. The fourth-order valence-electron chi connectivity index (χ4n) is 2.15. The highest BCUT2D eigenvalue weighted by Gasteiger charge is 2.23. The van der Waals surface area contributed by atoms with Crippen molar-refractivity contribution in [2.24, 2.45) is 0 Å². The molecule has 1 aromatic carbocycles. The van der Waals surface area contributed by atoms with Crippen molar-refractivity contribution >= 4 is 11.9 Å². The smallest absolute Gasteiger partial charge is 0.450 e. The SMILES string of the molecule is CC(OCCC(=O)C=COOC(C)(C)c1ccc(C(C)C)cc1)OC(=O)O. The van der Waals surface area contributed by atoms with Crippen molar-refractivity contribution in [3.8, 4) is 0 Å². The summed E-state index contributed by atoms with van der Waals surface area (Å²) in [6.45, 7) is 9.46. The Morgan fingerprint density at radius 2 is 1.78 bits per heavy atom. The van der Waals surface area contributed by atoms with Crippen LogP contribution >= 0.6 is 0 Å². The third kappa shape index (κ3) is 8.70. The summed E-state index contributed by atoms with van der Waals surface area (Å²) in [6, 6.07) is 8.09. The molecule has 0 fully saturated rings. The Bertz CT molecular complexity index is 632. The van der Waals surface area contributed by atoms with E-state index in [4.69, 9.17) is 19.6 Å². The molecule has 0 saturated carbocycles. The van der Waals surface area contributed by atoms with Gasteiger partial charge in [-0.1, -0.05) is 38.1 Å². The number of rotatable bonds is 11. The molecule has 0 amide bonds. The zero-order chi connectivity index (χ0) is 20.4. The molecule has 1 aromatic rings. The highest BCUT2D eigenvalue weighted by Crippen LogP contribution is 2.26. The number of ether oxygens (including phenoxy) is 2. The highest BCUT2D eigenvalue weighted by atomic mass is 17.2. The molecule has 0 heterocycles. The van der Waals surface area contributed by atoms with Crippen LogP contribution < -0.4 is 0 Å². The van der Waals surface area contributed by atoms with Crippen LogP contribution in [0.4, 0.5) is 4.79 Å². The monoisotopic (exact) mass is 380 g/mol. The van der Waals surface area contributed by atoms with E-state index < -0.39 is 18.0 Å². The molecule has 7 nitrogen and oxygen atoms in total. The second-order valence-corrected chi connectivity index (χ2v) is 6.81. The Morgan fingerprint density at radius 3 is 2.33 bits per heavy atom. The minimum atomic E-state index is -1.43. The van der Waals surface area contributed by atoms with E-state index in [9.17, 15) is 9.59 Å². The maximum absolute atomic E-state index is 11.7. The summed E-state index contributed by atoms with van der Waals surface area (Å²) in [4.78, 5) is 32.4. The lowest BCUT2D eigenvalue weighted by atomic mass is 9.94. The molecule has 1 N–H and O–H groups in total. The second kappa shape index (κ2) is 10.7. The number of carbonyl (C=O) groups is 2. The van der Waals surface area contributed by atoms with Crippen molar-refractivity contribution < 1.29 is 33.9 Å². The summed E-state index contributed by atoms with van der Waals surface area (Å²) in [6.07, 6.45) is 0.101. The highest BCUT2D eigenvalue weighted by molar-refractivity contribution is 5.89. The van der Waals surface area contributed by atoms with Crippen LogP contribution in [0.15, 0.2) is 36.6 Å². The van der Waals surface area contributed by atoms with Gasteiger partial charge in [0.2, 0.25) is 6.29 Å². The van der Waals surface area contributed by atoms with Crippen LogP contribution in [0.25, 0.3) is 0 Å². The van der Waals surface area contributed by atoms with Gasteiger partial charge in [0.1, 0.15) is 11.9 Å². The van der Waals surface area contributed by atoms with E-state index >= 15 is 0 Å². The number of carbonyl (C=O) groups excluding carboxylic acids is 1. The molecule has 0 spiro atoms. The molecule has 1 rings (SSSR count). The van der Waals surface area contributed by atoms with Gasteiger partial charge in [-0.05, 0) is 37.8 Å². The van der Waals surface area contributed by atoms with E-state index in [1.165, 1.54) is 24.8 Å². The van der Waals surface area contributed by atoms with Gasteiger partial charge in [0, 0.05) is 12.5 Å². The van der Waals surface area contributed by atoms with E-state index in [-0.39, 0.29) is 18.8 Å². The average molecular weight is 380 g/mol. The van der Waals surface area contributed by atoms with Crippen molar-refractivity contribution in [2.75, 3.05) is 6.61 Å². The maximum Gasteiger partial charge on any atom is 0.508 e. The van der Waals surface area contributed by atoms with Gasteiger partial charge in [0.05, 0.1) is 6.61 Å². The van der Waals surface area contributed by atoms with Gasteiger partial charge in [-0.3, -0.25) is 4.79 Å². The lowest BCUT2D eigenvalue weighted by Crippen LogP contribution is -2.21. The minimum absolute atomic E-state index is 0.0339. The number of hydrogen-bond donors (Lipinski definition) is 1. The van der Waals surface area contributed by atoms with E-state index in [2.05, 4.69) is 30.7 Å². The van der Waals surface area contributed by atoms with Gasteiger partial charge in [-0.15, -0.1) is 0 Å². The van der Waals surface area contributed by atoms with Gasteiger partial charge in [-0.25, -0.2) is 4.79 Å². The van der Waals surface area contributed by atoms with Crippen LogP contribution in [-0.2, 0) is 29.6 Å². The zero-order valence-electron chi connectivity index (χ0n) is 16.4. The first kappa shape index (κ1) is 22.7. The zero-order valence-corrected chi connectivity index (χ0v) is 16.4. The molecule has 0 aliphatic heterocycles. The predicted octanol–water partition coefficient (Wildman–Crippen LogP) is 4.52. The molecule has 0 aromatic heterocycles. The first-order valence-corrected chi connectivity index (χ1v) is 8.77. The maximum atomic E-state index is 11.7. The summed E-state index contributed by atoms with van der Waals surface area (Å²) < 4.78 is 9.39. The van der Waals surface area contributed by atoms with Crippen LogP contribution in [0.5, 0.6) is 0 Å². The molecule has 1 atom stereocenters. The molecule has 1 unspecified atom stereocenters. The van der Waals surface area contributed by atoms with Gasteiger partial charge in [-0.2, -0.15) is 4.89 Å². The van der Waals surface area contributed by atoms with Crippen LogP contribution in [-0.4, -0.2) is 29.9 Å². The first-order valence-electron chi connectivity index (χ1n) is 8.77. The number of ketones is 1. The van der Waals surface area contributed by atoms with Gasteiger partial charge < -0.3 is 19.5 Å². The lowest BCUT2D eigenvalue weighted by molar-refractivity contribution is -0.321. The Kier molecular flexibility index (Phi) is 8.97. The minimum Gasteiger partial charge on any atom is -0.450 e.